The molecule has 0 aromatic heterocycles. The highest BCUT2D eigenvalue weighted by molar-refractivity contribution is 5.69. The fourth-order valence-corrected chi connectivity index (χ4v) is 2.28. The largest absolute Gasteiger partial charge is 0.444 e. The van der Waals surface area contributed by atoms with E-state index in [2.05, 4.69) is 5.32 Å². The van der Waals surface area contributed by atoms with Crippen molar-refractivity contribution < 1.29 is 14.3 Å². The van der Waals surface area contributed by atoms with Gasteiger partial charge in [0.25, 0.3) is 0 Å². The van der Waals surface area contributed by atoms with Gasteiger partial charge in [-0.25, -0.2) is 4.79 Å². The minimum Gasteiger partial charge on any atom is -0.444 e. The summed E-state index contributed by atoms with van der Waals surface area (Å²) in [6.07, 6.45) is 2.35. The topological polar surface area (TPSA) is 50.8 Å². The van der Waals surface area contributed by atoms with Crippen molar-refractivity contribution in [1.82, 2.24) is 10.2 Å². The zero-order chi connectivity index (χ0) is 16.1. The minimum absolute atomic E-state index is 0.256. The summed E-state index contributed by atoms with van der Waals surface area (Å²) in [5.41, 5.74) is -0.723. The van der Waals surface area contributed by atoms with Crippen molar-refractivity contribution in [3.63, 3.8) is 0 Å². The van der Waals surface area contributed by atoms with Gasteiger partial charge in [0.2, 0.25) is 0 Å². The first kappa shape index (κ1) is 18.2. The summed E-state index contributed by atoms with van der Waals surface area (Å²) in [5, 5.41) is 3.37. The summed E-state index contributed by atoms with van der Waals surface area (Å²) >= 11 is 0. The Morgan fingerprint density at radius 1 is 1.29 bits per heavy atom. The molecule has 1 aliphatic heterocycles. The molecule has 0 spiro atoms. The number of nitrogens with zero attached hydrogens (tertiary/aromatic N) is 1. The molecule has 0 aliphatic carbocycles. The first-order valence-corrected chi connectivity index (χ1v) is 7.92. The van der Waals surface area contributed by atoms with Crippen molar-refractivity contribution in [2.75, 3.05) is 26.2 Å². The van der Waals surface area contributed by atoms with Crippen LogP contribution in [0.3, 0.4) is 0 Å². The van der Waals surface area contributed by atoms with E-state index in [-0.39, 0.29) is 11.6 Å². The maximum atomic E-state index is 12.3. The normalized spacial score (nSPS) is 19.6. The maximum Gasteiger partial charge on any atom is 0.410 e. The van der Waals surface area contributed by atoms with E-state index < -0.39 is 5.60 Å². The van der Waals surface area contributed by atoms with Gasteiger partial charge >= 0.3 is 6.09 Å². The molecule has 1 fully saturated rings. The van der Waals surface area contributed by atoms with E-state index >= 15 is 0 Å². The van der Waals surface area contributed by atoms with Crippen molar-refractivity contribution in [2.45, 2.75) is 71.6 Å². The fourth-order valence-electron chi connectivity index (χ4n) is 2.28. The number of hydrogen-bond acceptors (Lipinski definition) is 4. The molecule has 1 atom stereocenters. The monoisotopic (exact) mass is 300 g/mol. The number of amides is 1. The minimum atomic E-state index is -0.467. The van der Waals surface area contributed by atoms with E-state index in [4.69, 9.17) is 9.47 Å². The number of ether oxygens (including phenoxy) is 2. The molecule has 21 heavy (non-hydrogen) atoms. The molecule has 1 unspecified atom stereocenters. The summed E-state index contributed by atoms with van der Waals surface area (Å²) in [5.74, 6) is 0. The Bertz CT molecular complexity index is 325. The van der Waals surface area contributed by atoms with E-state index in [1.807, 2.05) is 41.5 Å². The fraction of sp³-hybridized carbons (Fsp3) is 0.938. The van der Waals surface area contributed by atoms with Gasteiger partial charge in [-0.2, -0.15) is 0 Å². The molecule has 5 nitrogen and oxygen atoms in total. The Balaban J connectivity index is 2.41. The van der Waals surface area contributed by atoms with Crippen LogP contribution in [0.5, 0.6) is 0 Å². The predicted molar refractivity (Wildman–Crippen MR) is 84.5 cm³/mol. The quantitative estimate of drug-likeness (QED) is 0.793. The van der Waals surface area contributed by atoms with E-state index in [1.54, 1.807) is 4.90 Å². The van der Waals surface area contributed by atoms with E-state index in [9.17, 15) is 4.79 Å². The van der Waals surface area contributed by atoms with E-state index in [0.717, 1.165) is 32.5 Å². The zero-order valence-corrected chi connectivity index (χ0v) is 14.5. The van der Waals surface area contributed by atoms with Crippen LogP contribution in [0.2, 0.25) is 0 Å². The third-order valence-electron chi connectivity index (χ3n) is 3.33. The third-order valence-corrected chi connectivity index (χ3v) is 3.33. The molecule has 0 saturated carbocycles. The molecule has 1 rings (SSSR count). The number of carbonyl (C=O) groups is 1. The second kappa shape index (κ2) is 7.45. The lowest BCUT2D eigenvalue weighted by Gasteiger charge is -2.37. The molecule has 0 bridgehead atoms. The average molecular weight is 300 g/mol. The smallest absolute Gasteiger partial charge is 0.410 e. The molecule has 0 aromatic carbocycles. The zero-order valence-electron chi connectivity index (χ0n) is 14.5. The highest BCUT2D eigenvalue weighted by Crippen LogP contribution is 2.18. The highest BCUT2D eigenvalue weighted by atomic mass is 16.6. The molecule has 1 saturated heterocycles. The van der Waals surface area contributed by atoms with Crippen LogP contribution in [0.4, 0.5) is 4.79 Å². The second-order valence-corrected chi connectivity index (χ2v) is 7.64. The molecule has 5 heteroatoms. The first-order valence-electron chi connectivity index (χ1n) is 7.92. The summed E-state index contributed by atoms with van der Waals surface area (Å²) in [7, 11) is 0. The number of nitrogens with one attached hydrogen (secondary N) is 1. The Hall–Kier alpha value is -0.810. The Morgan fingerprint density at radius 3 is 2.43 bits per heavy atom. The lowest BCUT2D eigenvalue weighted by molar-refractivity contribution is 0.00644. The number of rotatable bonds is 5. The predicted octanol–water partition coefficient (Wildman–Crippen LogP) is 2.79. The van der Waals surface area contributed by atoms with Crippen molar-refractivity contribution in [3.05, 3.63) is 0 Å². The van der Waals surface area contributed by atoms with Crippen molar-refractivity contribution >= 4 is 6.09 Å². The van der Waals surface area contributed by atoms with Crippen LogP contribution < -0.4 is 5.32 Å². The van der Waals surface area contributed by atoms with Gasteiger partial charge in [-0.05, 0) is 54.4 Å². The molecule has 1 aliphatic rings. The van der Waals surface area contributed by atoms with Crippen LogP contribution in [-0.4, -0.2) is 54.5 Å². The molecular formula is C16H32N2O3. The molecule has 1 N–H and O–H groups in total. The third kappa shape index (κ3) is 7.14. The second-order valence-electron chi connectivity index (χ2n) is 7.64. The number of carbonyl (C=O) groups excluding carboxylic acids is 1. The Labute approximate surface area is 129 Å². The molecule has 124 valence electrons. The van der Waals surface area contributed by atoms with Crippen LogP contribution in [0, 0.1) is 0 Å². The van der Waals surface area contributed by atoms with Crippen molar-refractivity contribution in [2.24, 2.45) is 0 Å². The standard InChI is InChI=1S/C16H32N2O3/c1-15(2,3)18(14(19)21-16(4,5)6)10-9-17-12-13-8-7-11-20-13/h13,17H,7-12H2,1-6H3. The molecule has 0 radical (unpaired) electrons. The van der Waals surface area contributed by atoms with Crippen LogP contribution in [0.25, 0.3) is 0 Å². The lowest BCUT2D eigenvalue weighted by atomic mass is 10.1. The van der Waals surface area contributed by atoms with Crippen molar-refractivity contribution in [3.8, 4) is 0 Å². The van der Waals surface area contributed by atoms with Gasteiger partial charge in [-0.3, -0.25) is 0 Å². The van der Waals surface area contributed by atoms with Gasteiger partial charge < -0.3 is 19.7 Å². The molecule has 1 amide bonds. The van der Waals surface area contributed by atoms with Gasteiger partial charge in [0.1, 0.15) is 5.60 Å². The first-order chi connectivity index (χ1) is 9.59. The summed E-state index contributed by atoms with van der Waals surface area (Å²) in [6, 6.07) is 0. The van der Waals surface area contributed by atoms with E-state index in [1.165, 1.54) is 0 Å². The highest BCUT2D eigenvalue weighted by Gasteiger charge is 2.30. The maximum absolute atomic E-state index is 12.3. The Morgan fingerprint density at radius 2 is 1.95 bits per heavy atom. The summed E-state index contributed by atoms with van der Waals surface area (Å²) < 4.78 is 11.1. The molecule has 1 heterocycles. The van der Waals surface area contributed by atoms with Crippen LogP contribution in [-0.2, 0) is 9.47 Å². The summed E-state index contributed by atoms with van der Waals surface area (Å²) in [6.45, 7) is 14.8. The van der Waals surface area contributed by atoms with Gasteiger partial charge in [0.05, 0.1) is 6.10 Å². The lowest BCUT2D eigenvalue weighted by Crippen LogP contribution is -2.50. The van der Waals surface area contributed by atoms with Crippen LogP contribution >= 0.6 is 0 Å². The molecular weight excluding hydrogens is 268 g/mol. The van der Waals surface area contributed by atoms with Crippen LogP contribution in [0.1, 0.15) is 54.4 Å². The SMILES string of the molecule is CC(C)(C)OC(=O)N(CCNCC1CCCO1)C(C)(C)C. The Kier molecular flexibility index (Phi) is 6.47. The van der Waals surface area contributed by atoms with Gasteiger partial charge in [0.15, 0.2) is 0 Å². The van der Waals surface area contributed by atoms with Gasteiger partial charge in [-0.1, -0.05) is 0 Å². The summed E-state index contributed by atoms with van der Waals surface area (Å²) in [4.78, 5) is 14.1. The van der Waals surface area contributed by atoms with E-state index in [0.29, 0.717) is 12.6 Å². The number of hydrogen-bond donors (Lipinski definition) is 1. The van der Waals surface area contributed by atoms with Gasteiger partial charge in [-0.15, -0.1) is 0 Å². The van der Waals surface area contributed by atoms with Crippen molar-refractivity contribution in [1.29, 1.82) is 0 Å². The van der Waals surface area contributed by atoms with Crippen LogP contribution in [0.15, 0.2) is 0 Å². The average Bonchev–Trinajstić information content (AvgIpc) is 2.77. The van der Waals surface area contributed by atoms with Gasteiger partial charge in [0, 0.05) is 31.8 Å². The molecule has 0 aromatic rings.